The van der Waals surface area contributed by atoms with E-state index in [2.05, 4.69) is 11.3 Å². The van der Waals surface area contributed by atoms with Gasteiger partial charge in [0.2, 0.25) is 10.0 Å². The highest BCUT2D eigenvalue weighted by Gasteiger charge is 2.35. The predicted octanol–water partition coefficient (Wildman–Crippen LogP) is 6.76. The Hall–Kier alpha value is -3.89. The molecule has 3 aromatic carbocycles. The van der Waals surface area contributed by atoms with Crippen molar-refractivity contribution in [3.63, 3.8) is 0 Å². The van der Waals surface area contributed by atoms with Gasteiger partial charge >= 0.3 is 12.1 Å². The van der Waals surface area contributed by atoms with Gasteiger partial charge < -0.3 is 9.84 Å². The third-order valence-corrected chi connectivity index (χ3v) is 8.78. The van der Waals surface area contributed by atoms with Crippen LogP contribution in [-0.4, -0.2) is 30.6 Å². The second-order valence-corrected chi connectivity index (χ2v) is 11.5. The van der Waals surface area contributed by atoms with Gasteiger partial charge in [0.15, 0.2) is 0 Å². The van der Waals surface area contributed by atoms with E-state index in [0.29, 0.717) is 5.56 Å². The molecule has 4 rings (SSSR count). The number of methoxy groups -OCH3 is 1. The summed E-state index contributed by atoms with van der Waals surface area (Å²) in [5, 5.41) is 10.0. The number of hydrogen-bond donors (Lipinski definition) is 1. The van der Waals surface area contributed by atoms with Crippen LogP contribution in [0.4, 0.5) is 13.2 Å². The number of aliphatic hydroxyl groups is 1. The summed E-state index contributed by atoms with van der Waals surface area (Å²) in [7, 11) is -3.18. The lowest BCUT2D eigenvalue weighted by Crippen LogP contribution is -2.23. The molecule has 0 aliphatic heterocycles. The topological polar surface area (TPSA) is 85.6 Å². The number of aliphatic hydroxyl groups excluding tert-OH is 1. The summed E-state index contributed by atoms with van der Waals surface area (Å²) < 4.78 is 74.4. The number of halogens is 3. The molecule has 4 aromatic rings. The standard InChI is InChI=1S/C30H28F3NO5S/c1-5-27(20-8-6-19(7-9-20)18(2)3)40(37,38)34-25-15-14-24(30(31,32)33)16-23(25)17-26(34)28(35)21-10-12-22(13-11-21)29(36)39-4/h5-18,27-28,35H,1H2,2-4H3. The quantitative estimate of drug-likeness (QED) is 0.187. The zero-order chi connectivity index (χ0) is 29.4. The molecule has 0 saturated heterocycles. The van der Waals surface area contributed by atoms with Gasteiger partial charge in [0.25, 0.3) is 0 Å². The second-order valence-electron chi connectivity index (χ2n) is 9.64. The van der Waals surface area contributed by atoms with Crippen molar-refractivity contribution in [2.24, 2.45) is 0 Å². The SMILES string of the molecule is C=CC(c1ccc(C(C)C)cc1)S(=O)(=O)n1c(C(O)c2ccc(C(=O)OC)cc2)cc2cc(C(F)(F)F)ccc21. The van der Waals surface area contributed by atoms with Gasteiger partial charge in [0, 0.05) is 5.39 Å². The van der Waals surface area contributed by atoms with Gasteiger partial charge in [-0.05, 0) is 59.0 Å². The van der Waals surface area contributed by atoms with Crippen LogP contribution >= 0.6 is 0 Å². The molecule has 0 spiro atoms. The summed E-state index contributed by atoms with van der Waals surface area (Å²) in [6.45, 7) is 7.72. The Kier molecular flexibility index (Phi) is 7.96. The van der Waals surface area contributed by atoms with E-state index >= 15 is 0 Å². The van der Waals surface area contributed by atoms with Crippen LogP contribution in [-0.2, 0) is 20.9 Å². The van der Waals surface area contributed by atoms with Crippen molar-refractivity contribution in [1.82, 2.24) is 3.97 Å². The van der Waals surface area contributed by atoms with Crippen molar-refractivity contribution >= 4 is 26.9 Å². The smallest absolute Gasteiger partial charge is 0.416 e. The fourth-order valence-electron chi connectivity index (χ4n) is 4.57. The summed E-state index contributed by atoms with van der Waals surface area (Å²) in [4.78, 5) is 11.8. The molecular formula is C30H28F3NO5S. The minimum absolute atomic E-state index is 0.0170. The summed E-state index contributed by atoms with van der Waals surface area (Å²) in [5.74, 6) is -0.383. The Morgan fingerprint density at radius 3 is 2.05 bits per heavy atom. The van der Waals surface area contributed by atoms with Crippen LogP contribution in [0.2, 0.25) is 0 Å². The van der Waals surface area contributed by atoms with Crippen molar-refractivity contribution in [2.45, 2.75) is 37.3 Å². The molecule has 0 saturated carbocycles. The summed E-state index contributed by atoms with van der Waals surface area (Å²) in [5.41, 5.74) is 0.697. The lowest BCUT2D eigenvalue weighted by atomic mass is 10.0. The summed E-state index contributed by atoms with van der Waals surface area (Å²) in [6, 6.07) is 16.6. The maximum Gasteiger partial charge on any atom is 0.416 e. The molecule has 0 aliphatic carbocycles. The number of fused-ring (bicyclic) bond motifs is 1. The van der Waals surface area contributed by atoms with E-state index in [1.807, 2.05) is 26.0 Å². The van der Waals surface area contributed by atoms with Gasteiger partial charge in [-0.2, -0.15) is 13.2 Å². The molecule has 0 bridgehead atoms. The highest BCUT2D eigenvalue weighted by atomic mass is 32.2. The van der Waals surface area contributed by atoms with Crippen LogP contribution in [0.1, 0.15) is 69.4 Å². The Labute approximate surface area is 230 Å². The molecule has 40 heavy (non-hydrogen) atoms. The fourth-order valence-corrected chi connectivity index (χ4v) is 6.42. The molecule has 0 radical (unpaired) electrons. The Bertz CT molecular complexity index is 1650. The number of hydrogen-bond acceptors (Lipinski definition) is 5. The van der Waals surface area contributed by atoms with Crippen LogP contribution in [0.5, 0.6) is 0 Å². The minimum Gasteiger partial charge on any atom is -0.465 e. The van der Waals surface area contributed by atoms with Crippen LogP contribution in [0.15, 0.2) is 85.5 Å². The van der Waals surface area contributed by atoms with Crippen molar-refractivity contribution in [3.05, 3.63) is 119 Å². The van der Waals surface area contributed by atoms with Crippen molar-refractivity contribution in [1.29, 1.82) is 0 Å². The summed E-state index contributed by atoms with van der Waals surface area (Å²) in [6.07, 6.45) is -4.96. The first kappa shape index (κ1) is 29.1. The first-order valence-corrected chi connectivity index (χ1v) is 13.9. The van der Waals surface area contributed by atoms with E-state index in [-0.39, 0.29) is 33.6 Å². The number of aromatic nitrogens is 1. The molecule has 2 unspecified atom stereocenters. The Morgan fingerprint density at radius 1 is 0.950 bits per heavy atom. The van der Waals surface area contributed by atoms with E-state index < -0.39 is 39.1 Å². The van der Waals surface area contributed by atoms with Gasteiger partial charge in [-0.25, -0.2) is 17.2 Å². The first-order valence-electron chi connectivity index (χ1n) is 12.3. The van der Waals surface area contributed by atoms with Crippen LogP contribution in [0.25, 0.3) is 10.9 Å². The number of nitrogens with zero attached hydrogens (tertiary/aromatic N) is 1. The van der Waals surface area contributed by atoms with E-state index in [0.717, 1.165) is 27.7 Å². The average molecular weight is 572 g/mol. The number of benzene rings is 3. The maximum absolute atomic E-state index is 14.2. The van der Waals surface area contributed by atoms with E-state index in [1.54, 1.807) is 12.1 Å². The number of carbonyl (C=O) groups excluding carboxylic acids is 1. The van der Waals surface area contributed by atoms with Crippen LogP contribution < -0.4 is 0 Å². The highest BCUT2D eigenvalue weighted by molar-refractivity contribution is 7.90. The molecule has 6 nitrogen and oxygen atoms in total. The molecule has 10 heteroatoms. The lowest BCUT2D eigenvalue weighted by molar-refractivity contribution is -0.137. The monoisotopic (exact) mass is 571 g/mol. The molecule has 0 aliphatic rings. The molecule has 1 heterocycles. The molecule has 0 amide bonds. The third-order valence-electron chi connectivity index (χ3n) is 6.76. The number of carbonyl (C=O) groups is 1. The van der Waals surface area contributed by atoms with Crippen LogP contribution in [0, 0.1) is 0 Å². The number of alkyl halides is 3. The molecular weight excluding hydrogens is 543 g/mol. The third kappa shape index (κ3) is 5.41. The first-order chi connectivity index (χ1) is 18.8. The highest BCUT2D eigenvalue weighted by Crippen LogP contribution is 2.38. The Balaban J connectivity index is 1.91. The van der Waals surface area contributed by atoms with Gasteiger partial charge in [-0.3, -0.25) is 0 Å². The molecule has 1 aromatic heterocycles. The predicted molar refractivity (Wildman–Crippen MR) is 147 cm³/mol. The zero-order valence-corrected chi connectivity index (χ0v) is 22.8. The molecule has 1 N–H and O–H groups in total. The largest absolute Gasteiger partial charge is 0.465 e. The van der Waals surface area contributed by atoms with Gasteiger partial charge in [-0.15, -0.1) is 6.58 Å². The lowest BCUT2D eigenvalue weighted by Gasteiger charge is -2.21. The van der Waals surface area contributed by atoms with Crippen molar-refractivity contribution < 1.29 is 36.2 Å². The summed E-state index contributed by atoms with van der Waals surface area (Å²) >= 11 is 0. The normalized spacial score (nSPS) is 13.8. The number of esters is 1. The van der Waals surface area contributed by atoms with Crippen molar-refractivity contribution in [3.8, 4) is 0 Å². The van der Waals surface area contributed by atoms with E-state index in [1.165, 1.54) is 43.5 Å². The maximum atomic E-state index is 14.2. The van der Waals surface area contributed by atoms with Gasteiger partial charge in [0.05, 0.1) is 29.4 Å². The van der Waals surface area contributed by atoms with Crippen LogP contribution in [0.3, 0.4) is 0 Å². The van der Waals surface area contributed by atoms with E-state index in [9.17, 15) is 31.5 Å². The molecule has 0 fully saturated rings. The fraction of sp³-hybridized carbons (Fsp3) is 0.233. The molecule has 210 valence electrons. The van der Waals surface area contributed by atoms with Gasteiger partial charge in [-0.1, -0.05) is 56.3 Å². The van der Waals surface area contributed by atoms with E-state index in [4.69, 9.17) is 0 Å². The average Bonchev–Trinajstić information content (AvgIpc) is 3.32. The minimum atomic E-state index is -4.65. The molecule has 2 atom stereocenters. The number of ether oxygens (including phenoxy) is 1. The van der Waals surface area contributed by atoms with Crippen molar-refractivity contribution in [2.75, 3.05) is 7.11 Å². The Morgan fingerprint density at radius 2 is 1.52 bits per heavy atom. The second kappa shape index (κ2) is 10.9. The number of rotatable bonds is 8. The zero-order valence-electron chi connectivity index (χ0n) is 22.0. The van der Waals surface area contributed by atoms with Gasteiger partial charge in [0.1, 0.15) is 11.4 Å².